The van der Waals surface area contributed by atoms with Gasteiger partial charge in [-0.25, -0.2) is 0 Å². The highest BCUT2D eigenvalue weighted by molar-refractivity contribution is 6.01. The van der Waals surface area contributed by atoms with Crippen LogP contribution in [0.1, 0.15) is 35.9 Å². The molecule has 5 nitrogen and oxygen atoms in total. The Bertz CT molecular complexity index is 803. The fraction of sp³-hybridized carbons (Fsp3) is 0.263. The highest BCUT2D eigenvalue weighted by Crippen LogP contribution is 2.35. The summed E-state index contributed by atoms with van der Waals surface area (Å²) in [4.78, 5) is 24.8. The molecule has 2 amide bonds. The largest absolute Gasteiger partial charge is 0.493 e. The van der Waals surface area contributed by atoms with E-state index in [1.54, 1.807) is 0 Å². The zero-order chi connectivity index (χ0) is 16.5. The van der Waals surface area contributed by atoms with Crippen molar-refractivity contribution in [3.05, 3.63) is 59.7 Å². The third-order valence-corrected chi connectivity index (χ3v) is 4.59. The number of nitrogens with one attached hydrogen (secondary N) is 2. The molecule has 0 aliphatic carbocycles. The Morgan fingerprint density at radius 1 is 1.08 bits per heavy atom. The second kappa shape index (κ2) is 6.00. The summed E-state index contributed by atoms with van der Waals surface area (Å²) < 4.78 is 5.64. The lowest BCUT2D eigenvalue weighted by Crippen LogP contribution is -2.38. The fourth-order valence-electron chi connectivity index (χ4n) is 3.41. The maximum absolute atomic E-state index is 12.9. The molecule has 2 heterocycles. The van der Waals surface area contributed by atoms with Gasteiger partial charge in [0.15, 0.2) is 0 Å². The Kier molecular flexibility index (Phi) is 3.69. The second-order valence-electron chi connectivity index (χ2n) is 6.13. The lowest BCUT2D eigenvalue weighted by molar-refractivity contribution is -0.127. The van der Waals surface area contributed by atoms with Crippen molar-refractivity contribution in [2.45, 2.75) is 24.8 Å². The third kappa shape index (κ3) is 2.62. The van der Waals surface area contributed by atoms with Crippen LogP contribution in [0, 0.1) is 0 Å². The monoisotopic (exact) mass is 322 g/mol. The topological polar surface area (TPSA) is 67.4 Å². The number of hydrogen-bond donors (Lipinski definition) is 2. The molecule has 0 unspecified atom stereocenters. The van der Waals surface area contributed by atoms with Gasteiger partial charge in [-0.1, -0.05) is 36.4 Å². The van der Waals surface area contributed by atoms with Gasteiger partial charge in [0.2, 0.25) is 11.8 Å². The van der Waals surface area contributed by atoms with Crippen LogP contribution in [0.3, 0.4) is 0 Å². The number of carbonyl (C=O) groups excluding carboxylic acids is 2. The van der Waals surface area contributed by atoms with Crippen molar-refractivity contribution in [3.63, 3.8) is 0 Å². The van der Waals surface area contributed by atoms with Gasteiger partial charge < -0.3 is 15.4 Å². The number of anilines is 1. The van der Waals surface area contributed by atoms with E-state index in [1.165, 1.54) is 0 Å². The number of benzene rings is 2. The first-order valence-electron chi connectivity index (χ1n) is 8.13. The first kappa shape index (κ1) is 14.8. The van der Waals surface area contributed by atoms with Gasteiger partial charge in [-0.3, -0.25) is 9.59 Å². The van der Waals surface area contributed by atoms with Gasteiger partial charge in [-0.15, -0.1) is 0 Å². The Labute approximate surface area is 140 Å². The molecule has 0 fully saturated rings. The van der Waals surface area contributed by atoms with Gasteiger partial charge in [-0.2, -0.15) is 0 Å². The van der Waals surface area contributed by atoms with E-state index in [9.17, 15) is 9.59 Å². The molecule has 0 aromatic heterocycles. The maximum Gasteiger partial charge on any atom is 0.228 e. The van der Waals surface area contributed by atoms with Gasteiger partial charge in [-0.05, 0) is 17.7 Å². The summed E-state index contributed by atoms with van der Waals surface area (Å²) >= 11 is 0. The summed E-state index contributed by atoms with van der Waals surface area (Å²) in [5, 5.41) is 5.93. The number of para-hydroxylation sites is 2. The van der Waals surface area contributed by atoms with Gasteiger partial charge >= 0.3 is 0 Å². The SMILES string of the molecule is O=C1C[C@H](C(=O)N[C@H]2CCOc3ccccc32)c2ccccc2N1. The van der Waals surface area contributed by atoms with Gasteiger partial charge in [0.05, 0.1) is 18.6 Å². The Morgan fingerprint density at radius 2 is 1.83 bits per heavy atom. The Balaban J connectivity index is 1.59. The predicted octanol–water partition coefficient (Wildman–Crippen LogP) is 2.75. The van der Waals surface area contributed by atoms with E-state index in [1.807, 2.05) is 48.5 Å². The van der Waals surface area contributed by atoms with E-state index in [-0.39, 0.29) is 24.3 Å². The molecule has 0 saturated carbocycles. The van der Waals surface area contributed by atoms with E-state index in [2.05, 4.69) is 10.6 Å². The van der Waals surface area contributed by atoms with Crippen LogP contribution in [0.15, 0.2) is 48.5 Å². The standard InChI is InChI=1S/C19H18N2O3/c22-18-11-14(12-5-1-3-7-15(12)20-18)19(23)21-16-9-10-24-17-8-4-2-6-13(16)17/h1-8,14,16H,9-11H2,(H,20,22)(H,21,23)/t14-,16-/m0/s1. The molecule has 2 aromatic rings. The number of amides is 2. The minimum atomic E-state index is -0.454. The van der Waals surface area contributed by atoms with Gasteiger partial charge in [0.1, 0.15) is 5.75 Å². The second-order valence-corrected chi connectivity index (χ2v) is 6.13. The van der Waals surface area contributed by atoms with Crippen molar-refractivity contribution in [1.82, 2.24) is 5.32 Å². The number of hydrogen-bond acceptors (Lipinski definition) is 3. The highest BCUT2D eigenvalue weighted by atomic mass is 16.5. The molecule has 122 valence electrons. The highest BCUT2D eigenvalue weighted by Gasteiger charge is 2.32. The number of ether oxygens (including phenoxy) is 1. The molecule has 2 atom stereocenters. The van der Waals surface area contributed by atoms with Crippen LogP contribution in [0.5, 0.6) is 5.75 Å². The molecule has 4 rings (SSSR count). The zero-order valence-corrected chi connectivity index (χ0v) is 13.1. The van der Waals surface area contributed by atoms with Crippen LogP contribution in [0.4, 0.5) is 5.69 Å². The number of rotatable bonds is 2. The van der Waals surface area contributed by atoms with Crippen molar-refractivity contribution in [2.24, 2.45) is 0 Å². The molecule has 2 aliphatic rings. The van der Waals surface area contributed by atoms with Crippen LogP contribution in [-0.2, 0) is 9.59 Å². The van der Waals surface area contributed by atoms with E-state index in [0.717, 1.165) is 29.0 Å². The van der Waals surface area contributed by atoms with Crippen molar-refractivity contribution >= 4 is 17.5 Å². The quantitative estimate of drug-likeness (QED) is 0.893. The Hall–Kier alpha value is -2.82. The summed E-state index contributed by atoms with van der Waals surface area (Å²) in [5.74, 6) is 0.126. The molecular weight excluding hydrogens is 304 g/mol. The molecule has 2 N–H and O–H groups in total. The van der Waals surface area contributed by atoms with Crippen LogP contribution >= 0.6 is 0 Å². The van der Waals surface area contributed by atoms with Crippen molar-refractivity contribution in [3.8, 4) is 5.75 Å². The van der Waals surface area contributed by atoms with Crippen LogP contribution < -0.4 is 15.4 Å². The maximum atomic E-state index is 12.9. The third-order valence-electron chi connectivity index (χ3n) is 4.59. The van der Waals surface area contributed by atoms with Crippen LogP contribution in [0.25, 0.3) is 0 Å². The first-order valence-corrected chi connectivity index (χ1v) is 8.13. The Morgan fingerprint density at radius 3 is 2.71 bits per heavy atom. The number of fused-ring (bicyclic) bond motifs is 2. The average molecular weight is 322 g/mol. The van der Waals surface area contributed by atoms with E-state index < -0.39 is 5.92 Å². The van der Waals surface area contributed by atoms with Crippen LogP contribution in [-0.4, -0.2) is 18.4 Å². The molecular formula is C19H18N2O3. The minimum absolute atomic E-state index is 0.0837. The van der Waals surface area contributed by atoms with Gasteiger partial charge in [0, 0.05) is 24.1 Å². The molecule has 0 spiro atoms. The van der Waals surface area contributed by atoms with Gasteiger partial charge in [0.25, 0.3) is 0 Å². The van der Waals surface area contributed by atoms with E-state index >= 15 is 0 Å². The van der Waals surface area contributed by atoms with E-state index in [0.29, 0.717) is 6.61 Å². The van der Waals surface area contributed by atoms with Crippen LogP contribution in [0.2, 0.25) is 0 Å². The molecule has 2 aliphatic heterocycles. The summed E-state index contributed by atoms with van der Waals surface area (Å²) in [6.45, 7) is 0.573. The van der Waals surface area contributed by atoms with E-state index in [4.69, 9.17) is 4.74 Å². The summed E-state index contributed by atoms with van der Waals surface area (Å²) in [7, 11) is 0. The smallest absolute Gasteiger partial charge is 0.228 e. The summed E-state index contributed by atoms with van der Waals surface area (Å²) in [5.41, 5.74) is 2.59. The molecule has 2 aromatic carbocycles. The number of carbonyl (C=O) groups is 2. The lowest BCUT2D eigenvalue weighted by Gasteiger charge is -2.30. The zero-order valence-electron chi connectivity index (χ0n) is 13.1. The fourth-order valence-corrected chi connectivity index (χ4v) is 3.41. The molecule has 0 bridgehead atoms. The molecule has 24 heavy (non-hydrogen) atoms. The first-order chi connectivity index (χ1) is 11.7. The predicted molar refractivity (Wildman–Crippen MR) is 89.9 cm³/mol. The molecule has 0 saturated heterocycles. The normalized spacial score (nSPS) is 21.8. The molecule has 5 heteroatoms. The lowest BCUT2D eigenvalue weighted by atomic mass is 9.89. The summed E-state index contributed by atoms with van der Waals surface area (Å²) in [6, 6.07) is 15.1. The van der Waals surface area contributed by atoms with Crippen molar-refractivity contribution in [1.29, 1.82) is 0 Å². The molecule has 0 radical (unpaired) electrons. The summed E-state index contributed by atoms with van der Waals surface area (Å²) in [6.07, 6.45) is 0.900. The average Bonchev–Trinajstić information content (AvgIpc) is 2.61. The van der Waals surface area contributed by atoms with Crippen molar-refractivity contribution in [2.75, 3.05) is 11.9 Å². The minimum Gasteiger partial charge on any atom is -0.493 e. The van der Waals surface area contributed by atoms with Crippen molar-refractivity contribution < 1.29 is 14.3 Å².